The monoisotopic (exact) mass is 295 g/mol. The topological polar surface area (TPSA) is 72.8 Å². The number of amides is 1. The molecule has 6 nitrogen and oxygen atoms in total. The molecule has 22 heavy (non-hydrogen) atoms. The highest BCUT2D eigenvalue weighted by molar-refractivity contribution is 5.94. The molecule has 110 valence electrons. The highest BCUT2D eigenvalue weighted by Gasteiger charge is 2.11. The first-order valence-corrected chi connectivity index (χ1v) is 6.63. The molecular weight excluding hydrogens is 282 g/mol. The van der Waals surface area contributed by atoms with E-state index in [0.29, 0.717) is 5.56 Å². The number of hydrogen-bond acceptors (Lipinski definition) is 5. The Morgan fingerprint density at radius 3 is 3.05 bits per heavy atom. The fourth-order valence-electron chi connectivity index (χ4n) is 1.87. The van der Waals surface area contributed by atoms with Gasteiger partial charge in [0.1, 0.15) is 0 Å². The summed E-state index contributed by atoms with van der Waals surface area (Å²) in [6, 6.07) is 8.99. The number of carbonyl (C=O) groups is 1. The second-order valence-electron chi connectivity index (χ2n) is 4.43. The number of carbonyl (C=O) groups excluding carboxylic acids is 1. The van der Waals surface area contributed by atoms with E-state index in [0.717, 1.165) is 17.1 Å². The van der Waals surface area contributed by atoms with E-state index in [1.807, 2.05) is 24.3 Å². The van der Waals surface area contributed by atoms with Crippen LogP contribution in [0.15, 0.2) is 53.9 Å². The molecule has 0 radical (unpaired) electrons. The lowest BCUT2D eigenvalue weighted by Gasteiger charge is -1.97. The van der Waals surface area contributed by atoms with E-state index in [1.54, 1.807) is 24.4 Å². The maximum absolute atomic E-state index is 11.7. The Balaban J connectivity index is 1.55. The van der Waals surface area contributed by atoms with E-state index in [1.165, 1.54) is 12.4 Å². The van der Waals surface area contributed by atoms with Gasteiger partial charge in [-0.05, 0) is 35.9 Å². The quantitative estimate of drug-likeness (QED) is 0.693. The number of benzene rings is 1. The van der Waals surface area contributed by atoms with Crippen LogP contribution in [0, 0.1) is 0 Å². The van der Waals surface area contributed by atoms with Gasteiger partial charge in [0.15, 0.2) is 11.5 Å². The van der Waals surface area contributed by atoms with E-state index in [-0.39, 0.29) is 12.7 Å². The van der Waals surface area contributed by atoms with Crippen molar-refractivity contribution < 1.29 is 14.3 Å². The Morgan fingerprint density at radius 1 is 1.27 bits per heavy atom. The molecule has 6 heteroatoms. The lowest BCUT2D eigenvalue weighted by Crippen LogP contribution is -2.17. The van der Waals surface area contributed by atoms with Crippen molar-refractivity contribution in [3.63, 3.8) is 0 Å². The number of ether oxygens (including phenoxy) is 2. The highest BCUT2D eigenvalue weighted by atomic mass is 16.7. The van der Waals surface area contributed by atoms with Gasteiger partial charge < -0.3 is 9.47 Å². The van der Waals surface area contributed by atoms with Crippen LogP contribution in [-0.4, -0.2) is 23.9 Å². The molecule has 0 unspecified atom stereocenters. The van der Waals surface area contributed by atoms with E-state index in [4.69, 9.17) is 9.47 Å². The summed E-state index contributed by atoms with van der Waals surface area (Å²) in [6.45, 7) is 0.254. The minimum absolute atomic E-state index is 0.254. The molecule has 0 fully saturated rings. The van der Waals surface area contributed by atoms with Gasteiger partial charge in [-0.15, -0.1) is 0 Å². The summed E-state index contributed by atoms with van der Waals surface area (Å²) in [5.74, 6) is 1.17. The molecule has 0 saturated carbocycles. The van der Waals surface area contributed by atoms with Crippen LogP contribution >= 0.6 is 0 Å². The molecule has 0 spiro atoms. The molecule has 0 aliphatic carbocycles. The summed E-state index contributed by atoms with van der Waals surface area (Å²) in [6.07, 6.45) is 8.16. The molecule has 1 aromatic heterocycles. The van der Waals surface area contributed by atoms with Crippen molar-refractivity contribution in [1.82, 2.24) is 10.4 Å². The molecule has 3 rings (SSSR count). The third-order valence-electron chi connectivity index (χ3n) is 2.94. The van der Waals surface area contributed by atoms with Gasteiger partial charge in [0.05, 0.1) is 5.56 Å². The van der Waals surface area contributed by atoms with Crippen molar-refractivity contribution in [3.05, 3.63) is 59.9 Å². The Morgan fingerprint density at radius 2 is 2.18 bits per heavy atom. The van der Waals surface area contributed by atoms with Gasteiger partial charge in [-0.1, -0.05) is 12.1 Å². The van der Waals surface area contributed by atoms with E-state index < -0.39 is 0 Å². The third-order valence-corrected chi connectivity index (χ3v) is 2.94. The van der Waals surface area contributed by atoms with Crippen LogP contribution in [0.25, 0.3) is 6.08 Å². The van der Waals surface area contributed by atoms with Gasteiger partial charge >= 0.3 is 0 Å². The first-order chi connectivity index (χ1) is 10.8. The lowest BCUT2D eigenvalue weighted by atomic mass is 10.2. The summed E-state index contributed by atoms with van der Waals surface area (Å²) in [5, 5.41) is 3.84. The van der Waals surface area contributed by atoms with Crippen LogP contribution in [0.4, 0.5) is 0 Å². The highest BCUT2D eigenvalue weighted by Crippen LogP contribution is 2.32. The molecule has 1 amide bonds. The standard InChI is InChI=1S/C16H13N3O3/c20-16(13-4-2-7-17-10-13)19-18-8-1-3-12-5-6-14-15(9-12)22-11-21-14/h1-10H,11H2,(H,19,20)/b3-1+,18-8-. The van der Waals surface area contributed by atoms with Crippen LogP contribution < -0.4 is 14.9 Å². The SMILES string of the molecule is O=C(N/N=C\C=C\c1ccc2c(c1)OCO2)c1cccnc1. The fraction of sp³-hybridized carbons (Fsp3) is 0.0625. The molecule has 2 aromatic rings. The average Bonchev–Trinajstić information content (AvgIpc) is 3.03. The third kappa shape index (κ3) is 3.29. The summed E-state index contributed by atoms with van der Waals surface area (Å²) in [4.78, 5) is 15.6. The van der Waals surface area contributed by atoms with E-state index >= 15 is 0 Å². The zero-order chi connectivity index (χ0) is 15.2. The predicted molar refractivity (Wildman–Crippen MR) is 81.8 cm³/mol. The number of hydrazone groups is 1. The number of allylic oxidation sites excluding steroid dienone is 1. The first-order valence-electron chi connectivity index (χ1n) is 6.63. The van der Waals surface area contributed by atoms with Crippen LogP contribution in [-0.2, 0) is 0 Å². The molecule has 1 aromatic carbocycles. The van der Waals surface area contributed by atoms with Crippen molar-refractivity contribution in [1.29, 1.82) is 0 Å². The fourth-order valence-corrected chi connectivity index (χ4v) is 1.87. The van der Waals surface area contributed by atoms with Crippen molar-refractivity contribution in [2.75, 3.05) is 6.79 Å². The normalized spacial score (nSPS) is 12.9. The van der Waals surface area contributed by atoms with Crippen molar-refractivity contribution in [2.45, 2.75) is 0 Å². The number of pyridine rings is 1. The Labute approximate surface area is 127 Å². The second kappa shape index (κ2) is 6.53. The lowest BCUT2D eigenvalue weighted by molar-refractivity contribution is 0.0955. The summed E-state index contributed by atoms with van der Waals surface area (Å²) >= 11 is 0. The van der Waals surface area contributed by atoms with Crippen LogP contribution in [0.5, 0.6) is 11.5 Å². The average molecular weight is 295 g/mol. The molecule has 1 N–H and O–H groups in total. The van der Waals surface area contributed by atoms with Gasteiger partial charge in [0.2, 0.25) is 6.79 Å². The molecule has 0 bridgehead atoms. The smallest absolute Gasteiger partial charge is 0.272 e. The summed E-state index contributed by atoms with van der Waals surface area (Å²) < 4.78 is 10.5. The largest absolute Gasteiger partial charge is 0.454 e. The van der Waals surface area contributed by atoms with Gasteiger partial charge in [0.25, 0.3) is 5.91 Å². The first kappa shape index (κ1) is 13.8. The van der Waals surface area contributed by atoms with E-state index in [9.17, 15) is 4.79 Å². The minimum Gasteiger partial charge on any atom is -0.454 e. The summed E-state index contributed by atoms with van der Waals surface area (Å²) in [7, 11) is 0. The van der Waals surface area contributed by atoms with Crippen LogP contribution in [0.1, 0.15) is 15.9 Å². The second-order valence-corrected chi connectivity index (χ2v) is 4.43. The van der Waals surface area contributed by atoms with Crippen LogP contribution in [0.2, 0.25) is 0 Å². The zero-order valence-electron chi connectivity index (χ0n) is 11.6. The Bertz CT molecular complexity index is 727. The number of hydrogen-bond donors (Lipinski definition) is 1. The molecule has 0 saturated heterocycles. The Hall–Kier alpha value is -3.15. The van der Waals surface area contributed by atoms with Gasteiger partial charge in [0, 0.05) is 18.6 Å². The molecule has 1 aliphatic rings. The summed E-state index contributed by atoms with van der Waals surface area (Å²) in [5.41, 5.74) is 3.83. The predicted octanol–water partition coefficient (Wildman–Crippen LogP) is 2.24. The molecule has 2 heterocycles. The number of nitrogens with zero attached hydrogens (tertiary/aromatic N) is 2. The van der Waals surface area contributed by atoms with Crippen molar-refractivity contribution in [3.8, 4) is 11.5 Å². The molecule has 0 atom stereocenters. The van der Waals surface area contributed by atoms with Gasteiger partial charge in [-0.25, -0.2) is 5.43 Å². The number of aromatic nitrogens is 1. The van der Waals surface area contributed by atoms with E-state index in [2.05, 4.69) is 15.5 Å². The van der Waals surface area contributed by atoms with Gasteiger partial charge in [-0.2, -0.15) is 5.10 Å². The minimum atomic E-state index is -0.305. The van der Waals surface area contributed by atoms with Crippen LogP contribution in [0.3, 0.4) is 0 Å². The maximum Gasteiger partial charge on any atom is 0.272 e. The zero-order valence-corrected chi connectivity index (χ0v) is 11.6. The van der Waals surface area contributed by atoms with Crippen molar-refractivity contribution in [2.24, 2.45) is 5.10 Å². The van der Waals surface area contributed by atoms with Gasteiger partial charge in [-0.3, -0.25) is 9.78 Å². The number of nitrogens with one attached hydrogen (secondary N) is 1. The Kier molecular flexibility index (Phi) is 4.10. The molecule has 1 aliphatic heterocycles. The number of fused-ring (bicyclic) bond motifs is 1. The number of rotatable bonds is 4. The maximum atomic E-state index is 11.7. The molecular formula is C16H13N3O3. The van der Waals surface area contributed by atoms with Crippen molar-refractivity contribution >= 4 is 18.2 Å².